The maximum Gasteiger partial charge on any atom is 0.0763 e. The molecule has 0 aliphatic carbocycles. The van der Waals surface area contributed by atoms with Gasteiger partial charge >= 0.3 is 0 Å². The van der Waals surface area contributed by atoms with Crippen LogP contribution in [0.2, 0.25) is 0 Å². The molecule has 1 aromatic rings. The van der Waals surface area contributed by atoms with Crippen molar-refractivity contribution in [1.29, 1.82) is 0 Å². The van der Waals surface area contributed by atoms with Crippen LogP contribution in [0.4, 0.5) is 5.69 Å². The molecule has 0 saturated heterocycles. The highest BCUT2D eigenvalue weighted by Gasteiger charge is 1.90. The third-order valence-electron chi connectivity index (χ3n) is 1.48. The summed E-state index contributed by atoms with van der Waals surface area (Å²) in [4.78, 5) is 1.27. The lowest BCUT2D eigenvalue weighted by atomic mass is 10.3. The van der Waals surface area contributed by atoms with E-state index in [1.807, 2.05) is 12.1 Å². The molecule has 0 unspecified atom stereocenters. The van der Waals surface area contributed by atoms with Crippen molar-refractivity contribution in [2.45, 2.75) is 4.90 Å². The molecule has 1 nitrogen and oxygen atoms in total. The first-order chi connectivity index (χ1) is 5.86. The van der Waals surface area contributed by atoms with Gasteiger partial charge in [-0.3, -0.25) is 0 Å². The predicted molar refractivity (Wildman–Crippen MR) is 55.5 cm³/mol. The molecular formula is C10H11NS. The molecule has 0 spiro atoms. The van der Waals surface area contributed by atoms with Gasteiger partial charge in [0.1, 0.15) is 0 Å². The SMILES string of the molecule is C#CCNc1ccc(SC)cc1. The number of hydrogen-bond donors (Lipinski definition) is 1. The molecule has 0 atom stereocenters. The first-order valence-corrected chi connectivity index (χ1v) is 4.90. The van der Waals surface area contributed by atoms with Gasteiger partial charge in [0.2, 0.25) is 0 Å². The maximum atomic E-state index is 5.12. The van der Waals surface area contributed by atoms with Crippen LogP contribution in [0.3, 0.4) is 0 Å². The zero-order valence-electron chi connectivity index (χ0n) is 7.00. The van der Waals surface area contributed by atoms with Gasteiger partial charge in [-0.2, -0.15) is 0 Å². The van der Waals surface area contributed by atoms with E-state index in [9.17, 15) is 0 Å². The minimum absolute atomic E-state index is 0.582. The molecule has 0 aliphatic rings. The van der Waals surface area contributed by atoms with E-state index in [-0.39, 0.29) is 0 Å². The van der Waals surface area contributed by atoms with Crippen LogP contribution in [0.5, 0.6) is 0 Å². The monoisotopic (exact) mass is 177 g/mol. The minimum Gasteiger partial charge on any atom is -0.374 e. The Morgan fingerprint density at radius 1 is 1.42 bits per heavy atom. The van der Waals surface area contributed by atoms with Gasteiger partial charge in [-0.25, -0.2) is 0 Å². The van der Waals surface area contributed by atoms with Crippen molar-refractivity contribution in [2.75, 3.05) is 18.1 Å². The molecule has 0 aromatic heterocycles. The molecule has 0 saturated carbocycles. The first-order valence-electron chi connectivity index (χ1n) is 3.68. The van der Waals surface area contributed by atoms with E-state index in [0.29, 0.717) is 6.54 Å². The Hall–Kier alpha value is -1.07. The van der Waals surface area contributed by atoms with E-state index in [1.54, 1.807) is 11.8 Å². The molecule has 0 fully saturated rings. The second kappa shape index (κ2) is 4.74. The van der Waals surface area contributed by atoms with Crippen LogP contribution in [-0.2, 0) is 0 Å². The second-order valence-electron chi connectivity index (χ2n) is 2.29. The van der Waals surface area contributed by atoms with Crippen molar-refractivity contribution in [1.82, 2.24) is 0 Å². The fourth-order valence-corrected chi connectivity index (χ4v) is 1.27. The van der Waals surface area contributed by atoms with Crippen LogP contribution in [-0.4, -0.2) is 12.8 Å². The molecule has 0 bridgehead atoms. The number of thioether (sulfide) groups is 1. The van der Waals surface area contributed by atoms with Gasteiger partial charge in [0.15, 0.2) is 0 Å². The molecule has 1 aromatic carbocycles. The van der Waals surface area contributed by atoms with Crippen LogP contribution in [0, 0.1) is 12.3 Å². The lowest BCUT2D eigenvalue weighted by Crippen LogP contribution is -1.97. The third-order valence-corrected chi connectivity index (χ3v) is 2.23. The Balaban J connectivity index is 2.60. The van der Waals surface area contributed by atoms with E-state index >= 15 is 0 Å². The summed E-state index contributed by atoms with van der Waals surface area (Å²) >= 11 is 1.73. The lowest BCUT2D eigenvalue weighted by Gasteiger charge is -2.02. The van der Waals surface area contributed by atoms with E-state index in [2.05, 4.69) is 29.6 Å². The first kappa shape index (κ1) is 9.02. The summed E-state index contributed by atoms with van der Waals surface area (Å²) in [5.74, 6) is 2.53. The molecule has 12 heavy (non-hydrogen) atoms. The smallest absolute Gasteiger partial charge is 0.0763 e. The van der Waals surface area contributed by atoms with E-state index in [1.165, 1.54) is 4.90 Å². The molecule has 1 N–H and O–H groups in total. The molecular weight excluding hydrogens is 166 g/mol. The Bertz CT molecular complexity index is 271. The highest BCUT2D eigenvalue weighted by molar-refractivity contribution is 7.98. The van der Waals surface area contributed by atoms with Crippen LogP contribution >= 0.6 is 11.8 Å². The van der Waals surface area contributed by atoms with E-state index in [4.69, 9.17) is 6.42 Å². The van der Waals surface area contributed by atoms with Crippen LogP contribution in [0.25, 0.3) is 0 Å². The largest absolute Gasteiger partial charge is 0.374 e. The molecule has 2 heteroatoms. The topological polar surface area (TPSA) is 12.0 Å². The molecule has 1 rings (SSSR count). The number of terminal acetylenes is 1. The summed E-state index contributed by atoms with van der Waals surface area (Å²) in [5, 5.41) is 3.10. The number of anilines is 1. The predicted octanol–water partition coefficient (Wildman–Crippen LogP) is 2.45. The molecule has 0 heterocycles. The Morgan fingerprint density at radius 3 is 2.58 bits per heavy atom. The second-order valence-corrected chi connectivity index (χ2v) is 3.17. The standard InChI is InChI=1S/C10H11NS/c1-3-8-11-9-4-6-10(12-2)7-5-9/h1,4-7,11H,8H2,2H3. The molecule has 0 aliphatic heterocycles. The van der Waals surface area contributed by atoms with Crippen molar-refractivity contribution < 1.29 is 0 Å². The summed E-state index contributed by atoms with van der Waals surface area (Å²) < 4.78 is 0. The van der Waals surface area contributed by atoms with Gasteiger partial charge in [0.05, 0.1) is 6.54 Å². The summed E-state index contributed by atoms with van der Waals surface area (Å²) in [7, 11) is 0. The minimum atomic E-state index is 0.582. The van der Waals surface area contributed by atoms with Crippen LogP contribution in [0.1, 0.15) is 0 Å². The van der Waals surface area contributed by atoms with Crippen molar-refractivity contribution in [3.63, 3.8) is 0 Å². The van der Waals surface area contributed by atoms with Crippen LogP contribution < -0.4 is 5.32 Å². The maximum absolute atomic E-state index is 5.12. The summed E-state index contributed by atoms with van der Waals surface area (Å²) in [6.45, 7) is 0.582. The third kappa shape index (κ3) is 2.52. The number of benzene rings is 1. The highest BCUT2D eigenvalue weighted by Crippen LogP contribution is 2.16. The summed E-state index contributed by atoms with van der Waals surface area (Å²) in [6.07, 6.45) is 7.18. The molecule has 62 valence electrons. The fraction of sp³-hybridized carbons (Fsp3) is 0.200. The quantitative estimate of drug-likeness (QED) is 0.562. The van der Waals surface area contributed by atoms with Crippen LogP contribution in [0.15, 0.2) is 29.2 Å². The highest BCUT2D eigenvalue weighted by atomic mass is 32.2. The Morgan fingerprint density at radius 2 is 2.08 bits per heavy atom. The lowest BCUT2D eigenvalue weighted by molar-refractivity contribution is 1.35. The van der Waals surface area contributed by atoms with E-state index in [0.717, 1.165) is 5.69 Å². The summed E-state index contributed by atoms with van der Waals surface area (Å²) in [5.41, 5.74) is 1.07. The zero-order valence-corrected chi connectivity index (χ0v) is 7.82. The molecule has 0 amide bonds. The Labute approximate surface area is 77.6 Å². The van der Waals surface area contributed by atoms with Crippen molar-refractivity contribution in [3.8, 4) is 12.3 Å². The Kier molecular flexibility index (Phi) is 3.56. The zero-order chi connectivity index (χ0) is 8.81. The fourth-order valence-electron chi connectivity index (χ4n) is 0.862. The van der Waals surface area contributed by atoms with Gasteiger partial charge in [-0.05, 0) is 30.5 Å². The molecule has 0 radical (unpaired) electrons. The van der Waals surface area contributed by atoms with Crippen molar-refractivity contribution in [2.24, 2.45) is 0 Å². The van der Waals surface area contributed by atoms with Gasteiger partial charge in [-0.1, -0.05) is 5.92 Å². The average molecular weight is 177 g/mol. The number of rotatable bonds is 3. The average Bonchev–Trinajstić information content (AvgIpc) is 2.15. The van der Waals surface area contributed by atoms with E-state index < -0.39 is 0 Å². The normalized spacial score (nSPS) is 9.00. The number of nitrogens with one attached hydrogen (secondary N) is 1. The van der Waals surface area contributed by atoms with Gasteiger partial charge in [0.25, 0.3) is 0 Å². The van der Waals surface area contributed by atoms with Crippen molar-refractivity contribution >= 4 is 17.4 Å². The van der Waals surface area contributed by atoms with Crippen molar-refractivity contribution in [3.05, 3.63) is 24.3 Å². The summed E-state index contributed by atoms with van der Waals surface area (Å²) in [6, 6.07) is 8.21. The van der Waals surface area contributed by atoms with Gasteiger partial charge in [-0.15, -0.1) is 18.2 Å². The van der Waals surface area contributed by atoms with Gasteiger partial charge in [0, 0.05) is 10.6 Å². The number of hydrogen-bond acceptors (Lipinski definition) is 2. The van der Waals surface area contributed by atoms with Gasteiger partial charge < -0.3 is 5.32 Å².